The van der Waals surface area contributed by atoms with Crippen molar-refractivity contribution in [3.63, 3.8) is 0 Å². The fraction of sp³-hybridized carbons (Fsp3) is 0.484. The third-order valence-electron chi connectivity index (χ3n) is 6.34. The van der Waals surface area contributed by atoms with Gasteiger partial charge in [-0.3, -0.25) is 0 Å². The van der Waals surface area contributed by atoms with Crippen molar-refractivity contribution in [2.24, 2.45) is 0 Å². The molecule has 0 bridgehead atoms. The molecule has 0 saturated carbocycles. The molecule has 0 radical (unpaired) electrons. The summed E-state index contributed by atoms with van der Waals surface area (Å²) in [5, 5.41) is 0. The monoisotopic (exact) mass is 492 g/mol. The number of aromatic nitrogens is 2. The van der Waals surface area contributed by atoms with E-state index in [9.17, 15) is 4.39 Å². The number of halogens is 1. The van der Waals surface area contributed by atoms with Gasteiger partial charge in [0, 0.05) is 23.5 Å². The Morgan fingerprint density at radius 1 is 0.639 bits per heavy atom. The number of benzene rings is 2. The Morgan fingerprint density at radius 2 is 1.17 bits per heavy atom. The topological polar surface area (TPSA) is 44.2 Å². The van der Waals surface area contributed by atoms with Crippen LogP contribution in [0.1, 0.15) is 78.1 Å². The Bertz CT molecular complexity index is 975. The predicted octanol–water partition coefficient (Wildman–Crippen LogP) is 8.85. The van der Waals surface area contributed by atoms with Crippen LogP contribution in [0.25, 0.3) is 22.5 Å². The molecule has 1 aromatic heterocycles. The lowest BCUT2D eigenvalue weighted by atomic mass is 10.1. The van der Waals surface area contributed by atoms with Gasteiger partial charge in [0.25, 0.3) is 0 Å². The van der Waals surface area contributed by atoms with Crippen molar-refractivity contribution in [3.8, 4) is 34.0 Å². The van der Waals surface area contributed by atoms with Crippen LogP contribution in [0.15, 0.2) is 60.9 Å². The maximum Gasteiger partial charge on any atom is 0.159 e. The molecule has 1 unspecified atom stereocenters. The molecule has 0 N–H and O–H groups in total. The van der Waals surface area contributed by atoms with Gasteiger partial charge in [-0.25, -0.2) is 14.4 Å². The molecule has 0 aliphatic carbocycles. The van der Waals surface area contributed by atoms with Crippen molar-refractivity contribution in [1.29, 1.82) is 0 Å². The lowest BCUT2D eigenvalue weighted by Gasteiger charge is -2.09. The van der Waals surface area contributed by atoms with Crippen LogP contribution >= 0.6 is 0 Å². The molecule has 5 heteroatoms. The van der Waals surface area contributed by atoms with Crippen molar-refractivity contribution in [2.45, 2.75) is 84.2 Å². The van der Waals surface area contributed by atoms with Crippen LogP contribution in [0.5, 0.6) is 11.5 Å². The molecule has 4 nitrogen and oxygen atoms in total. The van der Waals surface area contributed by atoms with E-state index in [0.717, 1.165) is 35.5 Å². The van der Waals surface area contributed by atoms with Crippen molar-refractivity contribution in [2.75, 3.05) is 13.2 Å². The van der Waals surface area contributed by atoms with Gasteiger partial charge in [0.2, 0.25) is 0 Å². The van der Waals surface area contributed by atoms with E-state index in [1.54, 1.807) is 0 Å². The molecule has 0 saturated heterocycles. The SMILES string of the molecule is CCCCCCCCCCCOc1ccc(-c2ncc(-c3ccc(OCC(F)CC)cc3)cn2)cc1. The zero-order valence-corrected chi connectivity index (χ0v) is 21.9. The maximum atomic E-state index is 13.4. The first-order valence-electron chi connectivity index (χ1n) is 13.6. The Hall–Kier alpha value is -2.95. The summed E-state index contributed by atoms with van der Waals surface area (Å²) in [6.07, 6.45) is 15.0. The number of nitrogens with zero attached hydrogens (tertiary/aromatic N) is 2. The largest absolute Gasteiger partial charge is 0.494 e. The van der Waals surface area contributed by atoms with E-state index in [-0.39, 0.29) is 6.61 Å². The maximum absolute atomic E-state index is 13.4. The molecule has 1 atom stereocenters. The standard InChI is InChI=1S/C31H41FN2O2/c1-3-5-6-7-8-9-10-11-12-21-35-29-19-15-26(16-20-29)31-33-22-27(23-34-31)25-13-17-30(18-14-25)36-24-28(32)4-2/h13-20,22-23,28H,3-12,21,24H2,1-2H3. The first-order valence-corrected chi connectivity index (χ1v) is 13.6. The molecule has 0 spiro atoms. The van der Waals surface area contributed by atoms with Gasteiger partial charge in [-0.1, -0.05) is 77.3 Å². The highest BCUT2D eigenvalue weighted by Crippen LogP contribution is 2.24. The highest BCUT2D eigenvalue weighted by atomic mass is 19.1. The summed E-state index contributed by atoms with van der Waals surface area (Å²) in [5.41, 5.74) is 2.86. The smallest absolute Gasteiger partial charge is 0.159 e. The molecule has 194 valence electrons. The van der Waals surface area contributed by atoms with Gasteiger partial charge >= 0.3 is 0 Å². The number of alkyl halides is 1. The molecule has 0 fully saturated rings. The minimum Gasteiger partial charge on any atom is -0.494 e. The lowest BCUT2D eigenvalue weighted by Crippen LogP contribution is -2.11. The van der Waals surface area contributed by atoms with E-state index < -0.39 is 6.17 Å². The van der Waals surface area contributed by atoms with E-state index in [4.69, 9.17) is 9.47 Å². The van der Waals surface area contributed by atoms with Gasteiger partial charge in [-0.05, 0) is 54.8 Å². The highest BCUT2D eigenvalue weighted by molar-refractivity contribution is 5.64. The summed E-state index contributed by atoms with van der Waals surface area (Å²) < 4.78 is 24.7. The Balaban J connectivity index is 1.40. The molecule has 36 heavy (non-hydrogen) atoms. The van der Waals surface area contributed by atoms with Crippen LogP contribution in [0.3, 0.4) is 0 Å². The Kier molecular flexibility index (Phi) is 12.2. The van der Waals surface area contributed by atoms with Crippen molar-refractivity contribution < 1.29 is 13.9 Å². The number of hydrogen-bond acceptors (Lipinski definition) is 4. The van der Waals surface area contributed by atoms with Crippen LogP contribution in [0.4, 0.5) is 4.39 Å². The number of hydrogen-bond donors (Lipinski definition) is 0. The molecule has 2 aromatic carbocycles. The molecule has 0 aliphatic rings. The first-order chi connectivity index (χ1) is 17.7. The van der Waals surface area contributed by atoms with Gasteiger partial charge in [0.1, 0.15) is 24.3 Å². The number of unbranched alkanes of at least 4 members (excludes halogenated alkanes) is 8. The minimum absolute atomic E-state index is 0.0801. The quantitative estimate of drug-likeness (QED) is 0.177. The molecular weight excluding hydrogens is 451 g/mol. The van der Waals surface area contributed by atoms with E-state index in [2.05, 4.69) is 16.9 Å². The van der Waals surface area contributed by atoms with E-state index in [0.29, 0.717) is 18.0 Å². The molecule has 1 heterocycles. The normalized spacial score (nSPS) is 11.9. The molecule has 0 aliphatic heterocycles. The predicted molar refractivity (Wildman–Crippen MR) is 146 cm³/mol. The van der Waals surface area contributed by atoms with Crippen LogP contribution in [-0.2, 0) is 0 Å². The summed E-state index contributed by atoms with van der Waals surface area (Å²) >= 11 is 0. The Labute approximate surface area is 216 Å². The fourth-order valence-electron chi connectivity index (χ4n) is 3.98. The van der Waals surface area contributed by atoms with Crippen LogP contribution in [-0.4, -0.2) is 29.4 Å². The van der Waals surface area contributed by atoms with Gasteiger partial charge in [-0.2, -0.15) is 0 Å². The summed E-state index contributed by atoms with van der Waals surface area (Å²) in [7, 11) is 0. The van der Waals surface area contributed by atoms with Crippen molar-refractivity contribution in [1.82, 2.24) is 9.97 Å². The average molecular weight is 493 g/mol. The number of ether oxygens (including phenoxy) is 2. The first kappa shape index (κ1) is 27.6. The van der Waals surface area contributed by atoms with E-state index >= 15 is 0 Å². The third kappa shape index (κ3) is 9.60. The van der Waals surface area contributed by atoms with Gasteiger partial charge in [-0.15, -0.1) is 0 Å². The fourth-order valence-corrected chi connectivity index (χ4v) is 3.98. The summed E-state index contributed by atoms with van der Waals surface area (Å²) in [5.74, 6) is 2.22. The minimum atomic E-state index is -0.939. The summed E-state index contributed by atoms with van der Waals surface area (Å²) in [6, 6.07) is 15.5. The van der Waals surface area contributed by atoms with E-state index in [1.165, 1.54) is 51.4 Å². The van der Waals surface area contributed by atoms with Gasteiger partial charge in [0.15, 0.2) is 5.82 Å². The second-order valence-corrected chi connectivity index (χ2v) is 9.34. The molecular formula is C31H41FN2O2. The average Bonchev–Trinajstić information content (AvgIpc) is 2.93. The summed E-state index contributed by atoms with van der Waals surface area (Å²) in [4.78, 5) is 9.09. The summed E-state index contributed by atoms with van der Waals surface area (Å²) in [6.45, 7) is 4.91. The second kappa shape index (κ2) is 15.9. The third-order valence-corrected chi connectivity index (χ3v) is 6.34. The van der Waals surface area contributed by atoms with Crippen molar-refractivity contribution in [3.05, 3.63) is 60.9 Å². The molecule has 0 amide bonds. The Morgan fingerprint density at radius 3 is 1.75 bits per heavy atom. The lowest BCUT2D eigenvalue weighted by molar-refractivity contribution is 0.192. The van der Waals surface area contributed by atoms with Crippen LogP contribution in [0, 0.1) is 0 Å². The van der Waals surface area contributed by atoms with E-state index in [1.807, 2.05) is 67.8 Å². The molecule has 3 rings (SSSR count). The van der Waals surface area contributed by atoms with Gasteiger partial charge in [0.05, 0.1) is 6.61 Å². The highest BCUT2D eigenvalue weighted by Gasteiger charge is 2.07. The zero-order valence-electron chi connectivity index (χ0n) is 21.9. The van der Waals surface area contributed by atoms with Gasteiger partial charge < -0.3 is 9.47 Å². The van der Waals surface area contributed by atoms with Crippen LogP contribution in [0.2, 0.25) is 0 Å². The second-order valence-electron chi connectivity index (χ2n) is 9.34. The zero-order chi connectivity index (χ0) is 25.4. The van der Waals surface area contributed by atoms with Crippen LogP contribution < -0.4 is 9.47 Å². The van der Waals surface area contributed by atoms with Crippen molar-refractivity contribution >= 4 is 0 Å². The number of rotatable bonds is 17. The molecule has 3 aromatic rings.